The molecule has 3 aromatic carbocycles. The average molecular weight is 535 g/mol. The minimum Gasteiger partial charge on any atom is -0.503 e. The van der Waals surface area contributed by atoms with Crippen LogP contribution in [0.1, 0.15) is 22.2 Å². The molecule has 0 saturated carbocycles. The van der Waals surface area contributed by atoms with Crippen molar-refractivity contribution in [3.05, 3.63) is 100 Å². The Morgan fingerprint density at radius 3 is 2.81 bits per heavy atom. The van der Waals surface area contributed by atoms with E-state index in [1.54, 1.807) is 42.5 Å². The second kappa shape index (κ2) is 8.72. The van der Waals surface area contributed by atoms with Crippen molar-refractivity contribution in [2.24, 2.45) is 0 Å². The number of furan rings is 1. The number of Topliss-reactive ketones (excluding diaryl/α,β-unsaturated/α-hetero) is 1. The van der Waals surface area contributed by atoms with Gasteiger partial charge < -0.3 is 14.3 Å². The van der Waals surface area contributed by atoms with E-state index in [1.807, 2.05) is 0 Å². The number of nitrogens with zero attached hydrogens (tertiary/aromatic N) is 2. The zero-order chi connectivity index (χ0) is 25.8. The number of ether oxygens (including phenoxy) is 1. The van der Waals surface area contributed by atoms with Gasteiger partial charge in [0.05, 0.1) is 28.9 Å². The van der Waals surface area contributed by atoms with Crippen molar-refractivity contribution in [3.63, 3.8) is 0 Å². The van der Waals surface area contributed by atoms with Gasteiger partial charge in [-0.25, -0.2) is 9.37 Å². The molecule has 1 N–H and O–H groups in total. The molecule has 10 heteroatoms. The number of thiazole rings is 1. The Kier molecular flexibility index (Phi) is 5.47. The van der Waals surface area contributed by atoms with Crippen molar-refractivity contribution in [1.29, 1.82) is 0 Å². The third-order valence-electron chi connectivity index (χ3n) is 6.11. The summed E-state index contributed by atoms with van der Waals surface area (Å²) in [5.41, 5.74) is 1.24. The Balaban J connectivity index is 1.52. The Labute approximate surface area is 218 Å². The second-order valence-electron chi connectivity index (χ2n) is 8.35. The van der Waals surface area contributed by atoms with Gasteiger partial charge in [0.25, 0.3) is 5.91 Å². The predicted octanol–water partition coefficient (Wildman–Crippen LogP) is 6.63. The smallest absolute Gasteiger partial charge is 0.296 e. The number of hydrogen-bond donors (Lipinski definition) is 1. The molecular weight excluding hydrogens is 519 g/mol. The van der Waals surface area contributed by atoms with Crippen molar-refractivity contribution >= 4 is 60.9 Å². The molecule has 1 aliphatic rings. The van der Waals surface area contributed by atoms with E-state index in [9.17, 15) is 19.1 Å². The monoisotopic (exact) mass is 534 g/mol. The summed E-state index contributed by atoms with van der Waals surface area (Å²) in [5.74, 6) is -2.21. The first kappa shape index (κ1) is 23.2. The van der Waals surface area contributed by atoms with Crippen LogP contribution in [0.3, 0.4) is 0 Å². The number of aromatic nitrogens is 1. The van der Waals surface area contributed by atoms with Crippen molar-refractivity contribution in [2.45, 2.75) is 6.04 Å². The van der Waals surface area contributed by atoms with Crippen molar-refractivity contribution in [2.75, 3.05) is 12.0 Å². The molecule has 0 aliphatic carbocycles. The first-order valence-corrected chi connectivity index (χ1v) is 12.2. The number of methoxy groups -OCH3 is 1. The maximum Gasteiger partial charge on any atom is 0.296 e. The molecule has 3 heterocycles. The Morgan fingerprint density at radius 1 is 1.16 bits per heavy atom. The summed E-state index contributed by atoms with van der Waals surface area (Å²) in [6, 6.07) is 16.3. The highest BCUT2D eigenvalue weighted by molar-refractivity contribution is 7.22. The number of aliphatic hydroxyl groups excluding tert-OH is 1. The number of ketones is 1. The zero-order valence-corrected chi connectivity index (χ0v) is 20.6. The highest BCUT2D eigenvalue weighted by atomic mass is 35.5. The molecule has 0 bridgehead atoms. The van der Waals surface area contributed by atoms with E-state index in [2.05, 4.69) is 4.98 Å². The van der Waals surface area contributed by atoms with Gasteiger partial charge in [-0.05, 0) is 60.2 Å². The number of carbonyl (C=O) groups is 2. The minimum atomic E-state index is -1.04. The highest BCUT2D eigenvalue weighted by Crippen LogP contribution is 2.45. The SMILES string of the molecule is COc1cccc(C2C(C(=O)c3cc4cc(Cl)ccc4o3)=C(O)C(=O)N2c2nc3ccc(F)cc3s2)c1. The molecule has 0 saturated heterocycles. The third kappa shape index (κ3) is 3.83. The van der Waals surface area contributed by atoms with E-state index < -0.39 is 29.3 Å². The fourth-order valence-electron chi connectivity index (χ4n) is 4.41. The molecule has 1 unspecified atom stereocenters. The Bertz CT molecular complexity index is 1780. The van der Waals surface area contributed by atoms with Crippen LogP contribution in [-0.4, -0.2) is 28.9 Å². The lowest BCUT2D eigenvalue weighted by molar-refractivity contribution is -0.117. The van der Waals surface area contributed by atoms with Crippen LogP contribution in [0.2, 0.25) is 5.02 Å². The first-order chi connectivity index (χ1) is 17.8. The van der Waals surface area contributed by atoms with Crippen molar-refractivity contribution in [1.82, 2.24) is 4.98 Å². The fourth-order valence-corrected chi connectivity index (χ4v) is 5.61. The summed E-state index contributed by atoms with van der Waals surface area (Å²) < 4.78 is 25.4. The van der Waals surface area contributed by atoms with Crippen LogP contribution in [0.15, 0.2) is 82.5 Å². The number of carbonyl (C=O) groups excluding carboxylic acids is 2. The molecule has 0 fully saturated rings. The number of halogens is 2. The van der Waals surface area contributed by atoms with Gasteiger partial charge in [-0.2, -0.15) is 0 Å². The van der Waals surface area contributed by atoms with Crippen LogP contribution in [0.25, 0.3) is 21.2 Å². The third-order valence-corrected chi connectivity index (χ3v) is 7.36. The molecule has 1 aliphatic heterocycles. The van der Waals surface area contributed by atoms with E-state index in [-0.39, 0.29) is 16.5 Å². The Hall–Kier alpha value is -4.21. The summed E-state index contributed by atoms with van der Waals surface area (Å²) in [4.78, 5) is 32.9. The van der Waals surface area contributed by atoms with Gasteiger partial charge in [-0.15, -0.1) is 0 Å². The normalized spacial score (nSPS) is 15.8. The number of hydrogen-bond acceptors (Lipinski definition) is 7. The summed E-state index contributed by atoms with van der Waals surface area (Å²) in [7, 11) is 1.50. The van der Waals surface area contributed by atoms with Gasteiger partial charge >= 0.3 is 0 Å². The van der Waals surface area contributed by atoms with E-state index in [0.717, 1.165) is 11.3 Å². The van der Waals surface area contributed by atoms with Crippen molar-refractivity contribution < 1.29 is 28.2 Å². The van der Waals surface area contributed by atoms with E-state index in [4.69, 9.17) is 20.8 Å². The molecule has 184 valence electrons. The van der Waals surface area contributed by atoms with Crippen LogP contribution in [0.4, 0.5) is 9.52 Å². The van der Waals surface area contributed by atoms with Crippen molar-refractivity contribution in [3.8, 4) is 5.75 Å². The molecule has 7 nitrogen and oxygen atoms in total. The zero-order valence-electron chi connectivity index (χ0n) is 19.1. The van der Waals surface area contributed by atoms with Crippen LogP contribution < -0.4 is 9.64 Å². The van der Waals surface area contributed by atoms with Crippen LogP contribution in [0.5, 0.6) is 5.75 Å². The van der Waals surface area contributed by atoms with Gasteiger partial charge in [0, 0.05) is 10.4 Å². The van der Waals surface area contributed by atoms with Gasteiger partial charge in [0.2, 0.25) is 5.78 Å². The quantitative estimate of drug-likeness (QED) is 0.254. The summed E-state index contributed by atoms with van der Waals surface area (Å²) in [5, 5.41) is 12.3. The fraction of sp³-hybridized carbons (Fsp3) is 0.0741. The largest absolute Gasteiger partial charge is 0.503 e. The number of anilines is 1. The number of amides is 1. The van der Waals surface area contributed by atoms with Crippen LogP contribution in [-0.2, 0) is 4.79 Å². The van der Waals surface area contributed by atoms with E-state index in [1.165, 1.54) is 36.3 Å². The average Bonchev–Trinajstić information content (AvgIpc) is 3.57. The highest BCUT2D eigenvalue weighted by Gasteiger charge is 2.46. The topological polar surface area (TPSA) is 92.9 Å². The molecule has 2 aromatic heterocycles. The molecule has 6 rings (SSSR count). The lowest BCUT2D eigenvalue weighted by atomic mass is 9.95. The molecule has 1 amide bonds. The molecule has 1 atom stereocenters. The van der Waals surface area contributed by atoms with E-state index >= 15 is 0 Å². The molecule has 0 radical (unpaired) electrons. The minimum absolute atomic E-state index is 0.0623. The molecule has 5 aromatic rings. The van der Waals surface area contributed by atoms with Crippen LogP contribution >= 0.6 is 22.9 Å². The number of fused-ring (bicyclic) bond motifs is 2. The number of aliphatic hydroxyl groups is 1. The van der Waals surface area contributed by atoms with E-state index in [0.29, 0.717) is 37.5 Å². The maximum absolute atomic E-state index is 13.8. The molecule has 0 spiro atoms. The standard InChI is InChI=1S/C27H16ClFN2O5S/c1-35-17-4-2-3-13(10-17)23-22(24(32)20-11-14-9-15(28)5-8-19(14)36-20)25(33)26(34)31(23)27-30-18-7-6-16(29)12-21(18)37-27/h2-12,23,33H,1H3. The van der Waals surface area contributed by atoms with Crippen LogP contribution in [0, 0.1) is 5.82 Å². The van der Waals surface area contributed by atoms with Gasteiger partial charge in [0.1, 0.15) is 17.1 Å². The van der Waals surface area contributed by atoms with Gasteiger partial charge in [-0.1, -0.05) is 35.1 Å². The first-order valence-electron chi connectivity index (χ1n) is 11.0. The lowest BCUT2D eigenvalue weighted by Crippen LogP contribution is -2.31. The molecular formula is C27H16ClFN2O5S. The summed E-state index contributed by atoms with van der Waals surface area (Å²) in [6.45, 7) is 0. The second-order valence-corrected chi connectivity index (χ2v) is 9.79. The Morgan fingerprint density at radius 2 is 2.00 bits per heavy atom. The lowest BCUT2D eigenvalue weighted by Gasteiger charge is -2.24. The predicted molar refractivity (Wildman–Crippen MR) is 138 cm³/mol. The van der Waals surface area contributed by atoms with Gasteiger partial charge in [0.15, 0.2) is 16.7 Å². The molecule has 37 heavy (non-hydrogen) atoms. The number of benzene rings is 3. The maximum atomic E-state index is 13.8. The summed E-state index contributed by atoms with van der Waals surface area (Å²) in [6.07, 6.45) is 0. The van der Waals surface area contributed by atoms with Gasteiger partial charge in [-0.3, -0.25) is 14.5 Å². The summed E-state index contributed by atoms with van der Waals surface area (Å²) >= 11 is 7.14. The number of rotatable bonds is 5.